The number of aryl methyl sites for hydroxylation is 2. The molecule has 88 valence electrons. The van der Waals surface area contributed by atoms with E-state index in [9.17, 15) is 0 Å². The lowest BCUT2D eigenvalue weighted by Crippen LogP contribution is -1.88. The first-order valence-electron chi connectivity index (χ1n) is 5.94. The first kappa shape index (κ1) is 12.1. The van der Waals surface area contributed by atoms with Crippen LogP contribution in [0.3, 0.4) is 0 Å². The lowest BCUT2D eigenvalue weighted by Gasteiger charge is -2.07. The molecule has 0 saturated carbocycles. The van der Waals surface area contributed by atoms with Crippen LogP contribution in [0.2, 0.25) is 0 Å². The lowest BCUT2D eigenvalue weighted by atomic mass is 9.96. The van der Waals surface area contributed by atoms with Crippen molar-refractivity contribution in [3.63, 3.8) is 0 Å². The molecule has 0 spiro atoms. The molecule has 0 saturated heterocycles. The topological polar surface area (TPSA) is 23.8 Å². The summed E-state index contributed by atoms with van der Waals surface area (Å²) >= 11 is 0. The van der Waals surface area contributed by atoms with Crippen molar-refractivity contribution in [3.8, 4) is 6.07 Å². The monoisotopic (exact) mass is 233 g/mol. The standard InChI is InChI=1S/C17H15N/c1-13-3-7-15(8-4-13)17(11-12-18)16-9-5-14(2)6-10-16/h3-11H,1-2H3. The van der Waals surface area contributed by atoms with Crippen molar-refractivity contribution in [1.82, 2.24) is 0 Å². The maximum absolute atomic E-state index is 8.94. The summed E-state index contributed by atoms with van der Waals surface area (Å²) in [5, 5.41) is 8.94. The van der Waals surface area contributed by atoms with E-state index in [4.69, 9.17) is 5.26 Å². The van der Waals surface area contributed by atoms with Gasteiger partial charge in [0.1, 0.15) is 0 Å². The maximum atomic E-state index is 8.94. The SMILES string of the molecule is Cc1ccc(C(=CC#N)c2ccc(C)cc2)cc1. The quantitative estimate of drug-likeness (QED) is 0.711. The van der Waals surface area contributed by atoms with Crippen LogP contribution in [0.4, 0.5) is 0 Å². The first-order valence-corrected chi connectivity index (χ1v) is 5.94. The third kappa shape index (κ3) is 2.67. The molecule has 18 heavy (non-hydrogen) atoms. The molecule has 2 aromatic rings. The van der Waals surface area contributed by atoms with Gasteiger partial charge in [-0.2, -0.15) is 5.26 Å². The van der Waals surface area contributed by atoms with Crippen molar-refractivity contribution in [2.75, 3.05) is 0 Å². The minimum Gasteiger partial charge on any atom is -0.193 e. The molecule has 0 aromatic heterocycles. The van der Waals surface area contributed by atoms with Crippen molar-refractivity contribution in [2.45, 2.75) is 13.8 Å². The molecule has 1 heteroatoms. The Morgan fingerprint density at radius 3 is 1.56 bits per heavy atom. The molecule has 2 rings (SSSR count). The lowest BCUT2D eigenvalue weighted by molar-refractivity contribution is 1.42. The van der Waals surface area contributed by atoms with Crippen LogP contribution in [0.5, 0.6) is 0 Å². The van der Waals surface area contributed by atoms with Gasteiger partial charge >= 0.3 is 0 Å². The van der Waals surface area contributed by atoms with E-state index in [1.807, 2.05) is 0 Å². The number of allylic oxidation sites excluding steroid dienone is 1. The molecule has 2 aromatic carbocycles. The summed E-state index contributed by atoms with van der Waals surface area (Å²) in [6.45, 7) is 4.12. The zero-order valence-corrected chi connectivity index (χ0v) is 10.6. The summed E-state index contributed by atoms with van der Waals surface area (Å²) < 4.78 is 0. The van der Waals surface area contributed by atoms with Gasteiger partial charge in [-0.3, -0.25) is 0 Å². The molecule has 0 unspecified atom stereocenters. The molecule has 0 heterocycles. The van der Waals surface area contributed by atoms with Gasteiger partial charge in [0.2, 0.25) is 0 Å². The fourth-order valence-electron chi connectivity index (χ4n) is 1.86. The molecule has 0 aliphatic rings. The second-order valence-corrected chi connectivity index (χ2v) is 4.42. The Morgan fingerprint density at radius 1 is 0.833 bits per heavy atom. The van der Waals surface area contributed by atoms with Crippen LogP contribution >= 0.6 is 0 Å². The van der Waals surface area contributed by atoms with E-state index in [0.29, 0.717) is 0 Å². The van der Waals surface area contributed by atoms with Gasteiger partial charge in [0, 0.05) is 6.08 Å². The summed E-state index contributed by atoms with van der Waals surface area (Å²) in [4.78, 5) is 0. The Labute approximate surface area is 108 Å². The third-order valence-electron chi connectivity index (χ3n) is 2.93. The zero-order chi connectivity index (χ0) is 13.0. The van der Waals surface area contributed by atoms with Crippen LogP contribution in [0.25, 0.3) is 5.57 Å². The molecule has 0 fully saturated rings. The molecular formula is C17H15N. The summed E-state index contributed by atoms with van der Waals surface area (Å²) in [6.07, 6.45) is 1.61. The highest BCUT2D eigenvalue weighted by atomic mass is 14.2. The van der Waals surface area contributed by atoms with E-state index in [1.54, 1.807) is 6.08 Å². The first-order chi connectivity index (χ1) is 8.70. The van der Waals surface area contributed by atoms with Gasteiger partial charge in [-0.15, -0.1) is 0 Å². The molecule has 0 N–H and O–H groups in total. The second kappa shape index (κ2) is 5.33. The van der Waals surface area contributed by atoms with Gasteiger partial charge in [-0.05, 0) is 30.5 Å². The van der Waals surface area contributed by atoms with Crippen molar-refractivity contribution in [2.24, 2.45) is 0 Å². The van der Waals surface area contributed by atoms with Gasteiger partial charge in [0.25, 0.3) is 0 Å². The van der Waals surface area contributed by atoms with E-state index < -0.39 is 0 Å². The predicted molar refractivity (Wildman–Crippen MR) is 75.1 cm³/mol. The molecule has 0 aliphatic heterocycles. The molecule has 0 amide bonds. The minimum absolute atomic E-state index is 0.970. The Bertz CT molecular complexity index is 548. The zero-order valence-electron chi connectivity index (χ0n) is 10.6. The van der Waals surface area contributed by atoms with Crippen LogP contribution in [0.1, 0.15) is 22.3 Å². The van der Waals surface area contributed by atoms with Crippen LogP contribution in [-0.4, -0.2) is 0 Å². The number of rotatable bonds is 2. The smallest absolute Gasteiger partial charge is 0.0918 e. The highest BCUT2D eigenvalue weighted by molar-refractivity contribution is 5.81. The fourth-order valence-corrected chi connectivity index (χ4v) is 1.86. The number of benzene rings is 2. The van der Waals surface area contributed by atoms with E-state index in [1.165, 1.54) is 11.1 Å². The fraction of sp³-hybridized carbons (Fsp3) is 0.118. The Kier molecular flexibility index (Phi) is 3.60. The average molecular weight is 233 g/mol. The summed E-state index contributed by atoms with van der Waals surface area (Å²) in [6, 6.07) is 18.6. The highest BCUT2D eigenvalue weighted by Gasteiger charge is 2.04. The number of nitriles is 1. The number of nitrogens with zero attached hydrogens (tertiary/aromatic N) is 1. The maximum Gasteiger partial charge on any atom is 0.0918 e. The van der Waals surface area contributed by atoms with Gasteiger partial charge in [-0.1, -0.05) is 59.7 Å². The molecule has 1 nitrogen and oxygen atoms in total. The Morgan fingerprint density at radius 2 is 1.22 bits per heavy atom. The van der Waals surface area contributed by atoms with Gasteiger partial charge in [0.05, 0.1) is 6.07 Å². The minimum atomic E-state index is 0.970. The van der Waals surface area contributed by atoms with Gasteiger partial charge in [0.15, 0.2) is 0 Å². The number of hydrogen-bond donors (Lipinski definition) is 0. The van der Waals surface area contributed by atoms with Crippen molar-refractivity contribution >= 4 is 5.57 Å². The highest BCUT2D eigenvalue weighted by Crippen LogP contribution is 2.23. The molecule has 0 aliphatic carbocycles. The molecular weight excluding hydrogens is 218 g/mol. The average Bonchev–Trinajstić information content (AvgIpc) is 2.39. The van der Waals surface area contributed by atoms with Crippen molar-refractivity contribution in [1.29, 1.82) is 5.26 Å². The molecule has 0 radical (unpaired) electrons. The van der Waals surface area contributed by atoms with Crippen LogP contribution in [-0.2, 0) is 0 Å². The Balaban J connectivity index is 2.47. The van der Waals surface area contributed by atoms with Gasteiger partial charge in [-0.25, -0.2) is 0 Å². The Hall–Kier alpha value is -2.33. The van der Waals surface area contributed by atoms with Crippen LogP contribution in [0, 0.1) is 25.2 Å². The summed E-state index contributed by atoms with van der Waals surface area (Å²) in [5.41, 5.74) is 5.56. The van der Waals surface area contributed by atoms with Crippen molar-refractivity contribution < 1.29 is 0 Å². The number of hydrogen-bond acceptors (Lipinski definition) is 1. The normalized spacial score (nSPS) is 9.61. The summed E-state index contributed by atoms with van der Waals surface area (Å²) in [7, 11) is 0. The van der Waals surface area contributed by atoms with E-state index in [0.717, 1.165) is 16.7 Å². The third-order valence-corrected chi connectivity index (χ3v) is 2.93. The van der Waals surface area contributed by atoms with Crippen LogP contribution < -0.4 is 0 Å². The van der Waals surface area contributed by atoms with Gasteiger partial charge < -0.3 is 0 Å². The van der Waals surface area contributed by atoms with E-state index in [2.05, 4.69) is 68.4 Å². The second-order valence-electron chi connectivity index (χ2n) is 4.42. The molecule has 0 atom stereocenters. The van der Waals surface area contributed by atoms with E-state index in [-0.39, 0.29) is 0 Å². The molecule has 0 bridgehead atoms. The van der Waals surface area contributed by atoms with Crippen molar-refractivity contribution in [3.05, 3.63) is 76.9 Å². The largest absolute Gasteiger partial charge is 0.193 e. The van der Waals surface area contributed by atoms with Crippen LogP contribution in [0.15, 0.2) is 54.6 Å². The predicted octanol–water partition coefficient (Wildman–Crippen LogP) is 4.26. The van der Waals surface area contributed by atoms with E-state index >= 15 is 0 Å². The summed E-state index contributed by atoms with van der Waals surface area (Å²) in [5.74, 6) is 0.